The highest BCUT2D eigenvalue weighted by Gasteiger charge is 2.17. The molecule has 162 valence electrons. The molecule has 0 radical (unpaired) electrons. The number of rotatable bonds is 8. The van der Waals surface area contributed by atoms with E-state index in [1.54, 1.807) is 0 Å². The largest absolute Gasteiger partial charge is 0.492 e. The van der Waals surface area contributed by atoms with E-state index in [4.69, 9.17) is 15.2 Å². The van der Waals surface area contributed by atoms with Gasteiger partial charge in [0.1, 0.15) is 12.4 Å². The molecule has 1 fully saturated rings. The van der Waals surface area contributed by atoms with Crippen LogP contribution in [0.25, 0.3) is 0 Å². The van der Waals surface area contributed by atoms with Crippen LogP contribution in [-0.4, -0.2) is 50.3 Å². The molecule has 1 saturated heterocycles. The van der Waals surface area contributed by atoms with Crippen LogP contribution in [0.3, 0.4) is 0 Å². The van der Waals surface area contributed by atoms with E-state index < -0.39 is 0 Å². The van der Waals surface area contributed by atoms with Gasteiger partial charge in [-0.25, -0.2) is 4.99 Å². The van der Waals surface area contributed by atoms with Gasteiger partial charge in [0.2, 0.25) is 0 Å². The zero-order chi connectivity index (χ0) is 21.3. The molecule has 6 nitrogen and oxygen atoms in total. The number of aliphatic imine (C=N–C) groups is 1. The van der Waals surface area contributed by atoms with E-state index in [0.717, 1.165) is 49.6 Å². The number of nitrogens with one attached hydrogen (secondary N) is 1. The monoisotopic (exact) mass is 410 g/mol. The summed E-state index contributed by atoms with van der Waals surface area (Å²) in [6.07, 6.45) is 2.20. The molecule has 0 aromatic heterocycles. The van der Waals surface area contributed by atoms with Gasteiger partial charge in [0.15, 0.2) is 5.96 Å². The number of ether oxygens (including phenoxy) is 2. The minimum atomic E-state index is 0.407. The first-order valence-corrected chi connectivity index (χ1v) is 10.6. The van der Waals surface area contributed by atoms with Crippen LogP contribution in [0.1, 0.15) is 29.5 Å². The Bertz CT molecular complexity index is 827. The lowest BCUT2D eigenvalue weighted by molar-refractivity contribution is 0.0392. The van der Waals surface area contributed by atoms with Crippen LogP contribution in [0.5, 0.6) is 5.75 Å². The molecule has 0 spiro atoms. The Hall–Kier alpha value is -2.57. The first-order chi connectivity index (χ1) is 14.5. The maximum absolute atomic E-state index is 6.07. The van der Waals surface area contributed by atoms with Crippen molar-refractivity contribution in [1.29, 1.82) is 0 Å². The molecule has 3 rings (SSSR count). The highest BCUT2D eigenvalue weighted by molar-refractivity contribution is 5.92. The van der Waals surface area contributed by atoms with Crippen molar-refractivity contribution in [2.24, 2.45) is 10.7 Å². The molecule has 0 saturated carbocycles. The van der Waals surface area contributed by atoms with Crippen molar-refractivity contribution in [2.75, 3.05) is 38.7 Å². The molecule has 0 atom stereocenters. The Morgan fingerprint density at radius 2 is 1.90 bits per heavy atom. The van der Waals surface area contributed by atoms with E-state index in [1.165, 1.54) is 11.1 Å². The fourth-order valence-electron chi connectivity index (χ4n) is 3.76. The summed E-state index contributed by atoms with van der Waals surface area (Å²) in [5.41, 5.74) is 10.5. The molecule has 3 N–H and O–H groups in total. The number of likely N-dealkylation sites (N-methyl/N-ethyl adjacent to an activating group) is 1. The molecule has 2 aromatic rings. The minimum Gasteiger partial charge on any atom is -0.492 e. The third kappa shape index (κ3) is 7.04. The molecule has 30 heavy (non-hydrogen) atoms. The maximum atomic E-state index is 6.07. The van der Waals surface area contributed by atoms with E-state index in [1.807, 2.05) is 24.3 Å². The molecule has 0 unspecified atom stereocenters. The minimum absolute atomic E-state index is 0.407. The summed E-state index contributed by atoms with van der Waals surface area (Å²) in [7, 11) is 2.16. The Labute approximate surface area is 180 Å². The van der Waals surface area contributed by atoms with Crippen molar-refractivity contribution >= 4 is 11.6 Å². The number of hydrogen-bond donors (Lipinski definition) is 2. The summed E-state index contributed by atoms with van der Waals surface area (Å²) in [5.74, 6) is 1.27. The molecule has 0 amide bonds. The van der Waals surface area contributed by atoms with Crippen LogP contribution in [0, 0.1) is 13.8 Å². The third-order valence-corrected chi connectivity index (χ3v) is 5.35. The van der Waals surface area contributed by atoms with Crippen molar-refractivity contribution in [2.45, 2.75) is 39.3 Å². The third-order valence-electron chi connectivity index (χ3n) is 5.35. The highest BCUT2D eigenvalue weighted by atomic mass is 16.5. The zero-order valence-electron chi connectivity index (χ0n) is 18.4. The standard InChI is InChI=1S/C24H34N4O2/c1-18-13-19(2)15-21(14-18)27-24(25)26-17-20-5-4-6-23(16-20)30-12-9-28(3)22-7-10-29-11-8-22/h4-6,13-16,22H,7-12,17H2,1-3H3,(H3,25,26,27). The molecule has 2 aromatic carbocycles. The molecular weight excluding hydrogens is 376 g/mol. The van der Waals surface area contributed by atoms with Crippen molar-refractivity contribution < 1.29 is 9.47 Å². The molecule has 1 aliphatic rings. The van der Waals surface area contributed by atoms with Gasteiger partial charge >= 0.3 is 0 Å². The van der Waals surface area contributed by atoms with Crippen molar-refractivity contribution in [3.8, 4) is 5.75 Å². The van der Waals surface area contributed by atoms with Gasteiger partial charge in [-0.3, -0.25) is 4.90 Å². The van der Waals surface area contributed by atoms with Gasteiger partial charge in [-0.2, -0.15) is 0 Å². The quantitative estimate of drug-likeness (QED) is 0.513. The summed E-state index contributed by atoms with van der Waals surface area (Å²) < 4.78 is 11.4. The normalized spacial score (nSPS) is 15.4. The van der Waals surface area contributed by atoms with E-state index in [-0.39, 0.29) is 0 Å². The first-order valence-electron chi connectivity index (χ1n) is 10.6. The average Bonchev–Trinajstić information content (AvgIpc) is 2.72. The molecule has 0 aliphatic carbocycles. The Morgan fingerprint density at radius 3 is 2.63 bits per heavy atom. The lowest BCUT2D eigenvalue weighted by atomic mass is 10.1. The molecular formula is C24H34N4O2. The van der Waals surface area contributed by atoms with Crippen LogP contribution >= 0.6 is 0 Å². The van der Waals surface area contributed by atoms with Gasteiger partial charge in [0, 0.05) is 31.5 Å². The van der Waals surface area contributed by atoms with Gasteiger partial charge in [-0.05, 0) is 74.7 Å². The second kappa shape index (κ2) is 11.0. The van der Waals surface area contributed by atoms with Crippen LogP contribution < -0.4 is 15.8 Å². The number of nitrogens with two attached hydrogens (primary N) is 1. The van der Waals surface area contributed by atoms with Crippen LogP contribution in [-0.2, 0) is 11.3 Å². The predicted octanol–water partition coefficient (Wildman–Crippen LogP) is 3.72. The topological polar surface area (TPSA) is 72.1 Å². The number of guanidine groups is 1. The maximum Gasteiger partial charge on any atom is 0.193 e. The lowest BCUT2D eigenvalue weighted by Gasteiger charge is -2.31. The Kier molecular flexibility index (Phi) is 8.11. The number of anilines is 1. The second-order valence-corrected chi connectivity index (χ2v) is 8.02. The van der Waals surface area contributed by atoms with Crippen molar-refractivity contribution in [1.82, 2.24) is 4.90 Å². The van der Waals surface area contributed by atoms with Gasteiger partial charge in [0.05, 0.1) is 6.54 Å². The summed E-state index contributed by atoms with van der Waals surface area (Å²) in [6.45, 7) is 7.93. The fraction of sp³-hybridized carbons (Fsp3) is 0.458. The number of hydrogen-bond acceptors (Lipinski definition) is 4. The SMILES string of the molecule is Cc1cc(C)cc(NC(N)=NCc2cccc(OCCN(C)C3CCOCC3)c2)c1. The average molecular weight is 411 g/mol. The molecule has 1 heterocycles. The second-order valence-electron chi connectivity index (χ2n) is 8.02. The highest BCUT2D eigenvalue weighted by Crippen LogP contribution is 2.16. The number of benzene rings is 2. The van der Waals surface area contributed by atoms with Crippen molar-refractivity contribution in [3.63, 3.8) is 0 Å². The fourth-order valence-corrected chi connectivity index (χ4v) is 3.76. The number of nitrogens with zero attached hydrogens (tertiary/aromatic N) is 2. The zero-order valence-corrected chi connectivity index (χ0v) is 18.4. The summed E-state index contributed by atoms with van der Waals surface area (Å²) in [6, 6.07) is 14.9. The van der Waals surface area contributed by atoms with Crippen molar-refractivity contribution in [3.05, 3.63) is 59.2 Å². The summed E-state index contributed by atoms with van der Waals surface area (Å²) >= 11 is 0. The summed E-state index contributed by atoms with van der Waals surface area (Å²) in [5, 5.41) is 3.17. The summed E-state index contributed by atoms with van der Waals surface area (Å²) in [4.78, 5) is 6.84. The molecule has 1 aliphatic heterocycles. The van der Waals surface area contributed by atoms with E-state index in [0.29, 0.717) is 25.2 Å². The Morgan fingerprint density at radius 1 is 1.17 bits per heavy atom. The van der Waals surface area contributed by atoms with E-state index in [2.05, 4.69) is 54.3 Å². The van der Waals surface area contributed by atoms with E-state index >= 15 is 0 Å². The van der Waals surface area contributed by atoms with Gasteiger partial charge < -0.3 is 20.5 Å². The van der Waals surface area contributed by atoms with Crippen LogP contribution in [0.4, 0.5) is 5.69 Å². The van der Waals surface area contributed by atoms with Crippen LogP contribution in [0.15, 0.2) is 47.5 Å². The predicted molar refractivity (Wildman–Crippen MR) is 123 cm³/mol. The molecule has 0 bridgehead atoms. The Balaban J connectivity index is 1.47. The lowest BCUT2D eigenvalue weighted by Crippen LogP contribution is -2.38. The van der Waals surface area contributed by atoms with Gasteiger partial charge in [0.25, 0.3) is 0 Å². The molecule has 6 heteroatoms. The van der Waals surface area contributed by atoms with Gasteiger partial charge in [-0.1, -0.05) is 18.2 Å². The first kappa shape index (κ1) is 22.1. The smallest absolute Gasteiger partial charge is 0.193 e. The van der Waals surface area contributed by atoms with Gasteiger partial charge in [-0.15, -0.1) is 0 Å². The number of aryl methyl sites for hydroxylation is 2. The van der Waals surface area contributed by atoms with Crippen LogP contribution in [0.2, 0.25) is 0 Å². The van der Waals surface area contributed by atoms with E-state index in [9.17, 15) is 0 Å².